The minimum Gasteiger partial charge on any atom is -0.472 e. The van der Waals surface area contributed by atoms with Crippen molar-refractivity contribution in [3.63, 3.8) is 0 Å². The van der Waals surface area contributed by atoms with Gasteiger partial charge in [0.05, 0.1) is 12.5 Å². The highest BCUT2D eigenvalue weighted by Gasteiger charge is 2.32. The van der Waals surface area contributed by atoms with Crippen molar-refractivity contribution in [3.05, 3.63) is 24.2 Å². The van der Waals surface area contributed by atoms with E-state index in [1.807, 2.05) is 6.26 Å². The lowest BCUT2D eigenvalue weighted by atomic mass is 9.70. The fourth-order valence-electron chi connectivity index (χ4n) is 3.06. The summed E-state index contributed by atoms with van der Waals surface area (Å²) in [5.74, 6) is 0.766. The smallest absolute Gasteiger partial charge is 0.0950 e. The fraction of sp³-hybridized carbons (Fsp3) is 0.750. The Labute approximate surface area is 111 Å². The van der Waals surface area contributed by atoms with Crippen LogP contribution in [0.2, 0.25) is 0 Å². The normalized spacial score (nSPS) is 21.9. The standard InChI is InChI=1S/C16H27NO/c1-4-10-17-15(14-7-11-18-12-14)13-5-8-16(2,3)9-6-13/h7,11-13,15,17H,4-6,8-10H2,1-3H3. The zero-order valence-corrected chi connectivity index (χ0v) is 12.0. The first kappa shape index (κ1) is 13.7. The first-order valence-corrected chi connectivity index (χ1v) is 7.38. The van der Waals surface area contributed by atoms with Crippen LogP contribution in [-0.4, -0.2) is 6.54 Å². The Morgan fingerprint density at radius 3 is 2.67 bits per heavy atom. The van der Waals surface area contributed by atoms with Crippen LogP contribution in [0, 0.1) is 11.3 Å². The molecule has 0 bridgehead atoms. The molecular weight excluding hydrogens is 222 g/mol. The largest absolute Gasteiger partial charge is 0.472 e. The van der Waals surface area contributed by atoms with Crippen LogP contribution >= 0.6 is 0 Å². The van der Waals surface area contributed by atoms with E-state index in [4.69, 9.17) is 4.42 Å². The van der Waals surface area contributed by atoms with Gasteiger partial charge in [0.25, 0.3) is 0 Å². The maximum absolute atomic E-state index is 5.27. The van der Waals surface area contributed by atoms with E-state index < -0.39 is 0 Å². The summed E-state index contributed by atoms with van der Waals surface area (Å²) in [6, 6.07) is 2.60. The zero-order valence-electron chi connectivity index (χ0n) is 12.0. The molecule has 1 unspecified atom stereocenters. The van der Waals surface area contributed by atoms with Gasteiger partial charge in [-0.15, -0.1) is 0 Å². The van der Waals surface area contributed by atoms with E-state index >= 15 is 0 Å². The van der Waals surface area contributed by atoms with Gasteiger partial charge in [-0.05, 0) is 56.0 Å². The molecule has 102 valence electrons. The lowest BCUT2D eigenvalue weighted by Crippen LogP contribution is -2.33. The van der Waals surface area contributed by atoms with Gasteiger partial charge in [0.2, 0.25) is 0 Å². The molecule has 1 atom stereocenters. The molecule has 1 aromatic heterocycles. The van der Waals surface area contributed by atoms with Crippen molar-refractivity contribution in [2.45, 2.75) is 58.9 Å². The van der Waals surface area contributed by atoms with Crippen LogP contribution in [0.15, 0.2) is 23.0 Å². The lowest BCUT2D eigenvalue weighted by molar-refractivity contribution is 0.161. The Hall–Kier alpha value is -0.760. The minimum absolute atomic E-state index is 0.486. The van der Waals surface area contributed by atoms with E-state index in [1.165, 1.54) is 37.7 Å². The molecule has 0 spiro atoms. The second-order valence-corrected chi connectivity index (χ2v) is 6.49. The van der Waals surface area contributed by atoms with Crippen LogP contribution in [0.5, 0.6) is 0 Å². The van der Waals surface area contributed by atoms with Crippen LogP contribution in [0.1, 0.15) is 64.5 Å². The van der Waals surface area contributed by atoms with Gasteiger partial charge in [0.15, 0.2) is 0 Å². The van der Waals surface area contributed by atoms with Crippen molar-refractivity contribution in [1.82, 2.24) is 5.32 Å². The first-order valence-electron chi connectivity index (χ1n) is 7.38. The second-order valence-electron chi connectivity index (χ2n) is 6.49. The summed E-state index contributed by atoms with van der Waals surface area (Å²) in [4.78, 5) is 0. The Bertz CT molecular complexity index is 332. The van der Waals surface area contributed by atoms with Crippen molar-refractivity contribution >= 4 is 0 Å². The lowest BCUT2D eigenvalue weighted by Gasteiger charge is -2.38. The van der Waals surface area contributed by atoms with E-state index in [0.717, 1.165) is 12.5 Å². The molecule has 1 aliphatic carbocycles. The SMILES string of the molecule is CCCNC(c1ccoc1)C1CCC(C)(C)CC1. The molecule has 1 saturated carbocycles. The molecule has 1 aromatic rings. The van der Waals surface area contributed by atoms with Crippen LogP contribution in [0.3, 0.4) is 0 Å². The average Bonchev–Trinajstić information content (AvgIpc) is 2.85. The second kappa shape index (κ2) is 5.92. The topological polar surface area (TPSA) is 25.2 Å². The maximum Gasteiger partial charge on any atom is 0.0950 e. The van der Waals surface area contributed by atoms with E-state index in [2.05, 4.69) is 32.2 Å². The van der Waals surface area contributed by atoms with E-state index in [9.17, 15) is 0 Å². The summed E-state index contributed by atoms with van der Waals surface area (Å²) >= 11 is 0. The molecule has 0 amide bonds. The summed E-state index contributed by atoms with van der Waals surface area (Å²) in [6.07, 6.45) is 10.3. The van der Waals surface area contributed by atoms with Crippen LogP contribution < -0.4 is 5.32 Å². The van der Waals surface area contributed by atoms with Crippen molar-refractivity contribution < 1.29 is 4.42 Å². The number of furan rings is 1. The summed E-state index contributed by atoms with van der Waals surface area (Å²) in [5, 5.41) is 3.71. The highest BCUT2D eigenvalue weighted by molar-refractivity contribution is 5.13. The third-order valence-corrected chi connectivity index (χ3v) is 4.37. The molecule has 0 saturated heterocycles. The van der Waals surface area contributed by atoms with Crippen LogP contribution in [0.25, 0.3) is 0 Å². The van der Waals surface area contributed by atoms with Crippen LogP contribution in [0.4, 0.5) is 0 Å². The molecule has 1 fully saturated rings. The van der Waals surface area contributed by atoms with Gasteiger partial charge in [-0.3, -0.25) is 0 Å². The number of hydrogen-bond donors (Lipinski definition) is 1. The van der Waals surface area contributed by atoms with Crippen molar-refractivity contribution in [3.8, 4) is 0 Å². The predicted molar refractivity (Wildman–Crippen MR) is 75.5 cm³/mol. The van der Waals surface area contributed by atoms with Gasteiger partial charge < -0.3 is 9.73 Å². The zero-order chi connectivity index (χ0) is 13.0. The average molecular weight is 249 g/mol. The Kier molecular flexibility index (Phi) is 4.50. The number of rotatable bonds is 5. The molecule has 2 nitrogen and oxygen atoms in total. The van der Waals surface area contributed by atoms with Crippen LogP contribution in [-0.2, 0) is 0 Å². The maximum atomic E-state index is 5.27. The molecular formula is C16H27NO. The minimum atomic E-state index is 0.486. The molecule has 2 heteroatoms. The Morgan fingerprint density at radius 1 is 1.39 bits per heavy atom. The molecule has 1 N–H and O–H groups in total. The molecule has 0 aromatic carbocycles. The van der Waals surface area contributed by atoms with Gasteiger partial charge in [0, 0.05) is 11.6 Å². The molecule has 2 rings (SSSR count). The van der Waals surface area contributed by atoms with E-state index in [1.54, 1.807) is 6.26 Å². The third-order valence-electron chi connectivity index (χ3n) is 4.37. The molecule has 0 radical (unpaired) electrons. The summed E-state index contributed by atoms with van der Waals surface area (Å²) in [5.41, 5.74) is 1.87. The van der Waals surface area contributed by atoms with Gasteiger partial charge in [0.1, 0.15) is 0 Å². The summed E-state index contributed by atoms with van der Waals surface area (Å²) in [7, 11) is 0. The number of nitrogens with one attached hydrogen (secondary N) is 1. The van der Waals surface area contributed by atoms with Crippen molar-refractivity contribution in [1.29, 1.82) is 0 Å². The summed E-state index contributed by atoms with van der Waals surface area (Å²) < 4.78 is 5.27. The van der Waals surface area contributed by atoms with Gasteiger partial charge in [-0.1, -0.05) is 20.8 Å². The molecule has 18 heavy (non-hydrogen) atoms. The highest BCUT2D eigenvalue weighted by atomic mass is 16.3. The van der Waals surface area contributed by atoms with Crippen molar-refractivity contribution in [2.75, 3.05) is 6.54 Å². The Balaban J connectivity index is 2.01. The van der Waals surface area contributed by atoms with Crippen molar-refractivity contribution in [2.24, 2.45) is 11.3 Å². The van der Waals surface area contributed by atoms with Gasteiger partial charge in [-0.25, -0.2) is 0 Å². The third kappa shape index (κ3) is 3.38. The van der Waals surface area contributed by atoms with E-state index in [-0.39, 0.29) is 0 Å². The molecule has 0 aliphatic heterocycles. The van der Waals surface area contributed by atoms with Gasteiger partial charge in [-0.2, -0.15) is 0 Å². The Morgan fingerprint density at radius 2 is 2.11 bits per heavy atom. The number of hydrogen-bond acceptors (Lipinski definition) is 2. The quantitative estimate of drug-likeness (QED) is 0.829. The predicted octanol–water partition coefficient (Wildman–Crippen LogP) is 4.54. The highest BCUT2D eigenvalue weighted by Crippen LogP contribution is 2.42. The summed E-state index contributed by atoms with van der Waals surface area (Å²) in [6.45, 7) is 8.12. The first-order chi connectivity index (χ1) is 8.62. The molecule has 1 aliphatic rings. The fourth-order valence-corrected chi connectivity index (χ4v) is 3.06. The van der Waals surface area contributed by atoms with E-state index in [0.29, 0.717) is 11.5 Å². The molecule has 1 heterocycles. The monoisotopic (exact) mass is 249 g/mol. The van der Waals surface area contributed by atoms with Gasteiger partial charge >= 0.3 is 0 Å².